The van der Waals surface area contributed by atoms with Crippen molar-refractivity contribution in [2.24, 2.45) is 0 Å². The number of alkyl halides is 1. The lowest BCUT2D eigenvalue weighted by Crippen LogP contribution is -1.96. The molecule has 0 aliphatic rings. The molecule has 2 aromatic carbocycles. The van der Waals surface area contributed by atoms with Crippen molar-refractivity contribution in [1.82, 2.24) is 0 Å². The molecule has 3 heteroatoms. The summed E-state index contributed by atoms with van der Waals surface area (Å²) in [5.74, 6) is -0.217. The zero-order chi connectivity index (χ0) is 12.3. The third-order valence-electron chi connectivity index (χ3n) is 2.57. The molecule has 0 fully saturated rings. The highest BCUT2D eigenvalue weighted by Gasteiger charge is 2.10. The van der Waals surface area contributed by atoms with Gasteiger partial charge in [0.2, 0.25) is 0 Å². The molecule has 1 atom stereocenters. The molecule has 2 aromatic rings. The molecule has 0 aliphatic heterocycles. The summed E-state index contributed by atoms with van der Waals surface area (Å²) < 4.78 is 13.1. The van der Waals surface area contributed by atoms with E-state index in [2.05, 4.69) is 15.9 Å². The molecule has 0 aromatic heterocycles. The van der Waals surface area contributed by atoms with Gasteiger partial charge in [-0.1, -0.05) is 57.9 Å². The predicted octanol–water partition coefficient (Wildman–Crippen LogP) is 5.16. The van der Waals surface area contributed by atoms with E-state index in [0.29, 0.717) is 0 Å². The molecule has 0 radical (unpaired) electrons. The van der Waals surface area contributed by atoms with Crippen molar-refractivity contribution in [2.75, 3.05) is 0 Å². The van der Waals surface area contributed by atoms with Crippen LogP contribution in [0.1, 0.15) is 16.0 Å². The Kier molecular flexibility index (Phi) is 4.19. The topological polar surface area (TPSA) is 0 Å². The van der Waals surface area contributed by atoms with Gasteiger partial charge in [0.1, 0.15) is 5.82 Å². The van der Waals surface area contributed by atoms with Gasteiger partial charge >= 0.3 is 0 Å². The SMILES string of the molecule is Fc1cccc(C(Br)Cc2ccccc2Cl)c1. The summed E-state index contributed by atoms with van der Waals surface area (Å²) in [6, 6.07) is 14.3. The maximum absolute atomic E-state index is 13.1. The number of halogens is 3. The fourth-order valence-electron chi connectivity index (χ4n) is 1.68. The molecule has 88 valence electrons. The third-order valence-corrected chi connectivity index (χ3v) is 3.79. The van der Waals surface area contributed by atoms with Gasteiger partial charge in [0, 0.05) is 9.85 Å². The molecule has 2 rings (SSSR count). The van der Waals surface area contributed by atoms with Gasteiger partial charge in [0.05, 0.1) is 0 Å². The van der Waals surface area contributed by atoms with E-state index in [4.69, 9.17) is 11.6 Å². The minimum Gasteiger partial charge on any atom is -0.207 e. The molecule has 0 saturated carbocycles. The van der Waals surface area contributed by atoms with Gasteiger partial charge in [-0.2, -0.15) is 0 Å². The van der Waals surface area contributed by atoms with Crippen molar-refractivity contribution in [3.05, 3.63) is 70.5 Å². The standard InChI is InChI=1S/C14H11BrClF/c15-13(10-5-3-6-12(17)8-10)9-11-4-1-2-7-14(11)16/h1-8,13H,9H2. The van der Waals surface area contributed by atoms with Gasteiger partial charge in [0.15, 0.2) is 0 Å². The van der Waals surface area contributed by atoms with Gasteiger partial charge in [-0.05, 0) is 35.7 Å². The van der Waals surface area contributed by atoms with Crippen LogP contribution in [0.5, 0.6) is 0 Å². The summed E-state index contributed by atoms with van der Waals surface area (Å²) in [4.78, 5) is 0.0677. The number of rotatable bonds is 3. The molecule has 0 bridgehead atoms. The Labute approximate surface area is 114 Å². The van der Waals surface area contributed by atoms with E-state index >= 15 is 0 Å². The quantitative estimate of drug-likeness (QED) is 0.687. The molecule has 0 aliphatic carbocycles. The van der Waals surface area contributed by atoms with E-state index in [1.807, 2.05) is 30.3 Å². The summed E-state index contributed by atoms with van der Waals surface area (Å²) in [5, 5.41) is 0.744. The highest BCUT2D eigenvalue weighted by atomic mass is 79.9. The van der Waals surface area contributed by atoms with Crippen LogP contribution >= 0.6 is 27.5 Å². The summed E-state index contributed by atoms with van der Waals surface area (Å²) >= 11 is 9.66. The van der Waals surface area contributed by atoms with Gasteiger partial charge in [-0.15, -0.1) is 0 Å². The van der Waals surface area contributed by atoms with Gasteiger partial charge in [-0.3, -0.25) is 0 Å². The van der Waals surface area contributed by atoms with Crippen LogP contribution in [0.3, 0.4) is 0 Å². The Morgan fingerprint density at radius 1 is 1.12 bits per heavy atom. The fourth-order valence-corrected chi connectivity index (χ4v) is 2.52. The molecular weight excluding hydrogens is 303 g/mol. The lowest BCUT2D eigenvalue weighted by molar-refractivity contribution is 0.625. The first-order chi connectivity index (χ1) is 8.16. The highest BCUT2D eigenvalue weighted by Crippen LogP contribution is 2.29. The van der Waals surface area contributed by atoms with Crippen molar-refractivity contribution < 1.29 is 4.39 Å². The number of hydrogen-bond acceptors (Lipinski definition) is 0. The van der Waals surface area contributed by atoms with Crippen LogP contribution in [0.4, 0.5) is 4.39 Å². The molecule has 0 spiro atoms. The Morgan fingerprint density at radius 2 is 1.88 bits per heavy atom. The van der Waals surface area contributed by atoms with Crippen molar-refractivity contribution in [3.63, 3.8) is 0 Å². The lowest BCUT2D eigenvalue weighted by Gasteiger charge is -2.11. The average Bonchev–Trinajstić information content (AvgIpc) is 2.32. The largest absolute Gasteiger partial charge is 0.207 e. The van der Waals surface area contributed by atoms with E-state index in [0.717, 1.165) is 22.6 Å². The predicted molar refractivity (Wildman–Crippen MR) is 73.2 cm³/mol. The smallest absolute Gasteiger partial charge is 0.123 e. The van der Waals surface area contributed by atoms with Crippen LogP contribution in [0.25, 0.3) is 0 Å². The summed E-state index contributed by atoms with van der Waals surface area (Å²) in [7, 11) is 0. The minimum absolute atomic E-state index is 0.0677. The molecule has 0 heterocycles. The maximum atomic E-state index is 13.1. The maximum Gasteiger partial charge on any atom is 0.123 e. The summed E-state index contributed by atoms with van der Waals surface area (Å²) in [6.07, 6.45) is 0.739. The second-order valence-corrected chi connectivity index (χ2v) is 5.33. The third kappa shape index (κ3) is 3.30. The van der Waals surface area contributed by atoms with Crippen LogP contribution in [-0.4, -0.2) is 0 Å². The molecular formula is C14H11BrClF. The highest BCUT2D eigenvalue weighted by molar-refractivity contribution is 9.09. The van der Waals surface area contributed by atoms with Crippen molar-refractivity contribution in [2.45, 2.75) is 11.2 Å². The van der Waals surface area contributed by atoms with Crippen LogP contribution in [0.2, 0.25) is 5.02 Å². The van der Waals surface area contributed by atoms with Gasteiger partial charge < -0.3 is 0 Å². The van der Waals surface area contributed by atoms with E-state index in [9.17, 15) is 4.39 Å². The lowest BCUT2D eigenvalue weighted by atomic mass is 10.0. The Balaban J connectivity index is 2.17. The Hall–Kier alpha value is -0.860. The van der Waals surface area contributed by atoms with Crippen molar-refractivity contribution >= 4 is 27.5 Å². The van der Waals surface area contributed by atoms with E-state index in [-0.39, 0.29) is 10.6 Å². The normalized spacial score (nSPS) is 12.4. The van der Waals surface area contributed by atoms with E-state index < -0.39 is 0 Å². The molecule has 0 saturated heterocycles. The molecule has 0 amide bonds. The average molecular weight is 314 g/mol. The molecule has 0 N–H and O–H groups in total. The molecule has 17 heavy (non-hydrogen) atoms. The minimum atomic E-state index is -0.217. The summed E-state index contributed by atoms with van der Waals surface area (Å²) in [5.41, 5.74) is 1.98. The second-order valence-electron chi connectivity index (χ2n) is 3.82. The monoisotopic (exact) mass is 312 g/mol. The Morgan fingerprint density at radius 3 is 2.59 bits per heavy atom. The fraction of sp³-hybridized carbons (Fsp3) is 0.143. The molecule has 1 unspecified atom stereocenters. The first-order valence-corrected chi connectivity index (χ1v) is 6.59. The van der Waals surface area contributed by atoms with Crippen LogP contribution in [-0.2, 0) is 6.42 Å². The Bertz CT molecular complexity index is 513. The van der Waals surface area contributed by atoms with Gasteiger partial charge in [-0.25, -0.2) is 4.39 Å². The van der Waals surface area contributed by atoms with Crippen LogP contribution < -0.4 is 0 Å². The molecule has 0 nitrogen and oxygen atoms in total. The first-order valence-electron chi connectivity index (χ1n) is 5.30. The zero-order valence-electron chi connectivity index (χ0n) is 9.04. The van der Waals surface area contributed by atoms with E-state index in [1.165, 1.54) is 12.1 Å². The first kappa shape index (κ1) is 12.6. The van der Waals surface area contributed by atoms with Gasteiger partial charge in [0.25, 0.3) is 0 Å². The second kappa shape index (κ2) is 5.65. The van der Waals surface area contributed by atoms with Crippen LogP contribution in [0.15, 0.2) is 48.5 Å². The number of benzene rings is 2. The summed E-state index contributed by atoms with van der Waals surface area (Å²) in [6.45, 7) is 0. The number of hydrogen-bond donors (Lipinski definition) is 0. The zero-order valence-corrected chi connectivity index (χ0v) is 11.4. The van der Waals surface area contributed by atoms with E-state index in [1.54, 1.807) is 6.07 Å². The van der Waals surface area contributed by atoms with Crippen molar-refractivity contribution in [3.8, 4) is 0 Å². The van der Waals surface area contributed by atoms with Crippen molar-refractivity contribution in [1.29, 1.82) is 0 Å². The van der Waals surface area contributed by atoms with Crippen LogP contribution in [0, 0.1) is 5.82 Å².